The fraction of sp³-hybridized carbons (Fsp3) is 0.350. The van der Waals surface area contributed by atoms with E-state index in [0.717, 1.165) is 45.6 Å². The Morgan fingerprint density at radius 3 is 2.69 bits per heavy atom. The predicted octanol–water partition coefficient (Wildman–Crippen LogP) is 4.66. The van der Waals surface area contributed by atoms with Crippen LogP contribution in [-0.4, -0.2) is 36.0 Å². The van der Waals surface area contributed by atoms with Crippen LogP contribution < -0.4 is 10.6 Å². The molecule has 4 aromatic rings. The number of hydrogen-bond acceptors (Lipinski definition) is 8. The lowest BCUT2D eigenvalue weighted by atomic mass is 10.3. The number of fused-ring (bicyclic) bond motifs is 1. The van der Waals surface area contributed by atoms with Crippen molar-refractivity contribution in [3.05, 3.63) is 36.5 Å². The smallest absolute Gasteiger partial charge is 0.183 e. The second kappa shape index (κ2) is 8.12. The number of thiazole rings is 1. The van der Waals surface area contributed by atoms with Gasteiger partial charge < -0.3 is 15.2 Å². The predicted molar refractivity (Wildman–Crippen MR) is 118 cm³/mol. The summed E-state index contributed by atoms with van der Waals surface area (Å²) in [5.74, 6) is 3.12. The minimum atomic E-state index is 0.327. The number of nitrogens with one attached hydrogen (secondary N) is 2. The topological polar surface area (TPSA) is 93.4 Å². The molecule has 4 rings (SSSR count). The highest BCUT2D eigenvalue weighted by Gasteiger charge is 2.14. The molecule has 150 valence electrons. The molecule has 0 aliphatic carbocycles. The van der Waals surface area contributed by atoms with E-state index in [2.05, 4.69) is 55.9 Å². The van der Waals surface area contributed by atoms with Crippen molar-refractivity contribution in [2.24, 2.45) is 0 Å². The van der Waals surface area contributed by atoms with Crippen molar-refractivity contribution in [3.8, 4) is 10.7 Å². The van der Waals surface area contributed by atoms with Gasteiger partial charge in [-0.2, -0.15) is 0 Å². The number of anilines is 3. The fourth-order valence-electron chi connectivity index (χ4n) is 3.23. The van der Waals surface area contributed by atoms with Gasteiger partial charge in [-0.3, -0.25) is 0 Å². The minimum absolute atomic E-state index is 0.327. The molecular formula is C20H24N8S. The van der Waals surface area contributed by atoms with Crippen molar-refractivity contribution in [3.63, 3.8) is 0 Å². The first kappa shape index (κ1) is 19.3. The van der Waals surface area contributed by atoms with Crippen molar-refractivity contribution in [1.82, 2.24) is 29.5 Å². The Labute approximate surface area is 173 Å². The molecule has 0 spiro atoms. The molecule has 29 heavy (non-hydrogen) atoms. The van der Waals surface area contributed by atoms with Crippen LogP contribution in [0, 0.1) is 0 Å². The first-order chi connectivity index (χ1) is 14.1. The maximum absolute atomic E-state index is 4.71. The lowest BCUT2D eigenvalue weighted by Gasteiger charge is -2.12. The third kappa shape index (κ3) is 3.91. The average Bonchev–Trinajstić information content (AvgIpc) is 3.32. The summed E-state index contributed by atoms with van der Waals surface area (Å²) in [5, 5.41) is 7.37. The highest BCUT2D eigenvalue weighted by Crippen LogP contribution is 2.28. The summed E-state index contributed by atoms with van der Waals surface area (Å²) in [4.78, 5) is 23.5. The highest BCUT2D eigenvalue weighted by molar-refractivity contribution is 7.18. The quantitative estimate of drug-likeness (QED) is 0.459. The van der Waals surface area contributed by atoms with Gasteiger partial charge >= 0.3 is 0 Å². The highest BCUT2D eigenvalue weighted by atomic mass is 32.1. The Morgan fingerprint density at radius 1 is 1.07 bits per heavy atom. The van der Waals surface area contributed by atoms with E-state index in [0.29, 0.717) is 17.7 Å². The molecule has 0 bridgehead atoms. The van der Waals surface area contributed by atoms with Crippen LogP contribution in [0.25, 0.3) is 21.7 Å². The molecule has 2 N–H and O–H groups in total. The van der Waals surface area contributed by atoms with Gasteiger partial charge in [-0.05, 0) is 26.8 Å². The first-order valence-electron chi connectivity index (χ1n) is 9.76. The molecule has 0 aromatic carbocycles. The number of hydrogen-bond donors (Lipinski definition) is 2. The van der Waals surface area contributed by atoms with Crippen LogP contribution in [0.5, 0.6) is 0 Å². The molecule has 8 nitrogen and oxygen atoms in total. The molecular weight excluding hydrogens is 384 g/mol. The van der Waals surface area contributed by atoms with Crippen LogP contribution in [0.4, 0.5) is 16.8 Å². The summed E-state index contributed by atoms with van der Waals surface area (Å²) in [6.45, 7) is 9.33. The Balaban J connectivity index is 1.63. The molecule has 0 atom stereocenters. The van der Waals surface area contributed by atoms with E-state index in [4.69, 9.17) is 4.98 Å². The summed E-state index contributed by atoms with van der Waals surface area (Å²) in [5.41, 5.74) is 1.98. The SMILES string of the molecule is CCNc1ncc(-c2nccc(Nc3cc4c(cn3)nc(CC)n4C(C)C)n2)s1. The fourth-order valence-corrected chi connectivity index (χ4v) is 4.06. The molecule has 0 aliphatic heterocycles. The lowest BCUT2D eigenvalue weighted by Crippen LogP contribution is -2.05. The van der Waals surface area contributed by atoms with Crippen LogP contribution >= 0.6 is 11.3 Å². The molecule has 0 radical (unpaired) electrons. The summed E-state index contributed by atoms with van der Waals surface area (Å²) >= 11 is 1.54. The molecule has 0 unspecified atom stereocenters. The zero-order valence-electron chi connectivity index (χ0n) is 17.0. The Kier molecular flexibility index (Phi) is 5.39. The van der Waals surface area contributed by atoms with E-state index in [9.17, 15) is 0 Å². The second-order valence-corrected chi connectivity index (χ2v) is 7.88. The van der Waals surface area contributed by atoms with E-state index in [-0.39, 0.29) is 0 Å². The molecule has 0 saturated heterocycles. The molecule has 0 saturated carbocycles. The Bertz CT molecular complexity index is 1130. The summed E-state index contributed by atoms with van der Waals surface area (Å²) in [6.07, 6.45) is 6.22. The number of pyridine rings is 1. The summed E-state index contributed by atoms with van der Waals surface area (Å²) < 4.78 is 2.26. The third-order valence-electron chi connectivity index (χ3n) is 4.45. The monoisotopic (exact) mass is 408 g/mol. The van der Waals surface area contributed by atoms with Gasteiger partial charge in [-0.15, -0.1) is 0 Å². The molecule has 9 heteroatoms. The van der Waals surface area contributed by atoms with E-state index < -0.39 is 0 Å². The maximum Gasteiger partial charge on any atom is 0.183 e. The zero-order chi connectivity index (χ0) is 20.4. The van der Waals surface area contributed by atoms with E-state index in [1.807, 2.05) is 25.3 Å². The largest absolute Gasteiger partial charge is 0.362 e. The van der Waals surface area contributed by atoms with Gasteiger partial charge in [0.15, 0.2) is 11.0 Å². The van der Waals surface area contributed by atoms with E-state index in [1.54, 1.807) is 12.4 Å². The first-order valence-corrected chi connectivity index (χ1v) is 10.6. The lowest BCUT2D eigenvalue weighted by molar-refractivity contribution is 0.588. The van der Waals surface area contributed by atoms with Gasteiger partial charge in [0.1, 0.15) is 23.0 Å². The van der Waals surface area contributed by atoms with Crippen LogP contribution in [0.3, 0.4) is 0 Å². The van der Waals surface area contributed by atoms with Crippen molar-refractivity contribution in [2.75, 3.05) is 17.2 Å². The van der Waals surface area contributed by atoms with Crippen LogP contribution in [-0.2, 0) is 6.42 Å². The minimum Gasteiger partial charge on any atom is -0.362 e. The van der Waals surface area contributed by atoms with Gasteiger partial charge in [0, 0.05) is 31.3 Å². The molecule has 0 amide bonds. The van der Waals surface area contributed by atoms with Crippen LogP contribution in [0.2, 0.25) is 0 Å². The Hall–Kier alpha value is -3.07. The van der Waals surface area contributed by atoms with Crippen molar-refractivity contribution >= 4 is 39.1 Å². The number of aromatic nitrogens is 6. The number of rotatable bonds is 7. The van der Waals surface area contributed by atoms with Crippen LogP contribution in [0.15, 0.2) is 30.7 Å². The Morgan fingerprint density at radius 2 is 1.93 bits per heavy atom. The van der Waals surface area contributed by atoms with Crippen molar-refractivity contribution in [2.45, 2.75) is 40.2 Å². The van der Waals surface area contributed by atoms with Gasteiger partial charge in [0.2, 0.25) is 0 Å². The molecule has 0 aliphatic rings. The summed E-state index contributed by atoms with van der Waals surface area (Å²) in [7, 11) is 0. The van der Waals surface area contributed by atoms with Crippen molar-refractivity contribution < 1.29 is 0 Å². The number of nitrogens with zero attached hydrogens (tertiary/aromatic N) is 6. The zero-order valence-corrected chi connectivity index (χ0v) is 17.8. The van der Waals surface area contributed by atoms with Gasteiger partial charge in [0.05, 0.1) is 22.8 Å². The van der Waals surface area contributed by atoms with Gasteiger partial charge in [-0.25, -0.2) is 24.9 Å². The standard InChI is InChI=1S/C20H24N8S/c1-5-18-25-13-10-23-17(9-14(13)28(18)12(3)4)26-16-7-8-22-19(27-16)15-11-24-20(29-15)21-6-2/h7-12H,5-6H2,1-4H3,(H,21,24)(H,22,23,26,27). The third-order valence-corrected chi connectivity index (χ3v) is 5.40. The molecule has 4 aromatic heterocycles. The van der Waals surface area contributed by atoms with E-state index in [1.165, 1.54) is 11.3 Å². The van der Waals surface area contributed by atoms with Crippen LogP contribution in [0.1, 0.15) is 39.6 Å². The number of imidazole rings is 1. The summed E-state index contributed by atoms with van der Waals surface area (Å²) in [6, 6.07) is 4.19. The molecule has 0 fully saturated rings. The van der Waals surface area contributed by atoms with Gasteiger partial charge in [-0.1, -0.05) is 18.3 Å². The molecule has 4 heterocycles. The maximum atomic E-state index is 4.71. The van der Waals surface area contributed by atoms with E-state index >= 15 is 0 Å². The second-order valence-electron chi connectivity index (χ2n) is 6.85. The van der Waals surface area contributed by atoms with Gasteiger partial charge in [0.25, 0.3) is 0 Å². The average molecular weight is 409 g/mol. The van der Waals surface area contributed by atoms with Crippen molar-refractivity contribution in [1.29, 1.82) is 0 Å². The number of aryl methyl sites for hydroxylation is 1. The normalized spacial score (nSPS) is 11.3.